The van der Waals surface area contributed by atoms with Crippen LogP contribution in [0.1, 0.15) is 24.8 Å². The second kappa shape index (κ2) is 8.08. The Morgan fingerprint density at radius 2 is 2.22 bits per heavy atom. The van der Waals surface area contributed by atoms with E-state index in [9.17, 15) is 12.8 Å². The van der Waals surface area contributed by atoms with Crippen molar-refractivity contribution in [1.82, 2.24) is 9.62 Å². The molecule has 0 aromatic heterocycles. The summed E-state index contributed by atoms with van der Waals surface area (Å²) in [7, 11) is -1.70. The molecule has 0 spiro atoms. The van der Waals surface area contributed by atoms with E-state index in [1.807, 2.05) is 6.07 Å². The quantitative estimate of drug-likeness (QED) is 0.819. The number of methoxy groups -OCH3 is 1. The third-order valence-corrected chi connectivity index (χ3v) is 4.80. The zero-order valence-electron chi connectivity index (χ0n) is 13.7. The van der Waals surface area contributed by atoms with Gasteiger partial charge in [0.15, 0.2) is 11.6 Å². The number of sulfonamides is 1. The molecule has 5 nitrogen and oxygen atoms in total. The molecule has 0 radical (unpaired) electrons. The third-order valence-electron chi connectivity index (χ3n) is 4.04. The summed E-state index contributed by atoms with van der Waals surface area (Å²) < 4.78 is 43.9. The lowest BCUT2D eigenvalue weighted by Gasteiger charge is -2.32. The topological polar surface area (TPSA) is 58.6 Å². The molecular weight excluding hydrogens is 319 g/mol. The van der Waals surface area contributed by atoms with Gasteiger partial charge in [-0.15, -0.1) is 0 Å². The molecule has 7 heteroatoms. The first kappa shape index (κ1) is 18.2. The molecule has 2 rings (SSSR count). The molecule has 1 aliphatic rings. The minimum absolute atomic E-state index is 0.00261. The molecule has 0 amide bonds. The monoisotopic (exact) mass is 344 g/mol. The van der Waals surface area contributed by atoms with Crippen LogP contribution in [-0.2, 0) is 16.4 Å². The Bertz CT molecular complexity index is 622. The summed E-state index contributed by atoms with van der Waals surface area (Å²) in [5, 5.41) is 0. The van der Waals surface area contributed by atoms with Crippen LogP contribution in [0.3, 0.4) is 0 Å². The van der Waals surface area contributed by atoms with Crippen LogP contribution in [0.5, 0.6) is 5.75 Å². The summed E-state index contributed by atoms with van der Waals surface area (Å²) in [4.78, 5) is 2.27. The molecule has 0 unspecified atom stereocenters. The SMILES string of the molecule is COc1ccc(CCCN2CCC[C@H](NS(C)(=O)=O)C2)cc1F. The number of aryl methyl sites for hydroxylation is 1. The number of hydrogen-bond donors (Lipinski definition) is 1. The van der Waals surface area contributed by atoms with Gasteiger partial charge < -0.3 is 9.64 Å². The molecule has 1 heterocycles. The van der Waals surface area contributed by atoms with Crippen LogP contribution in [0, 0.1) is 5.82 Å². The Morgan fingerprint density at radius 3 is 2.87 bits per heavy atom. The first-order valence-corrected chi connectivity index (χ1v) is 9.78. The third kappa shape index (κ3) is 6.08. The molecule has 1 saturated heterocycles. The molecule has 0 bridgehead atoms. The number of piperidine rings is 1. The van der Waals surface area contributed by atoms with Gasteiger partial charge in [0, 0.05) is 12.6 Å². The minimum atomic E-state index is -3.15. The number of rotatable bonds is 7. The molecule has 0 saturated carbocycles. The highest BCUT2D eigenvalue weighted by atomic mass is 32.2. The number of nitrogens with one attached hydrogen (secondary N) is 1. The highest BCUT2D eigenvalue weighted by molar-refractivity contribution is 7.88. The number of nitrogens with zero attached hydrogens (tertiary/aromatic N) is 1. The summed E-state index contributed by atoms with van der Waals surface area (Å²) in [6, 6.07) is 5.05. The fraction of sp³-hybridized carbons (Fsp3) is 0.625. The van der Waals surface area contributed by atoms with Crippen molar-refractivity contribution < 1.29 is 17.5 Å². The van der Waals surface area contributed by atoms with Gasteiger partial charge in [-0.05, 0) is 56.5 Å². The summed E-state index contributed by atoms with van der Waals surface area (Å²) in [6.07, 6.45) is 4.78. The maximum atomic E-state index is 13.6. The molecule has 1 aromatic rings. The number of halogens is 1. The van der Waals surface area contributed by atoms with Crippen LogP contribution in [0.2, 0.25) is 0 Å². The van der Waals surface area contributed by atoms with E-state index in [1.165, 1.54) is 19.4 Å². The molecule has 1 atom stereocenters. The van der Waals surface area contributed by atoms with Crippen molar-refractivity contribution in [2.24, 2.45) is 0 Å². The van der Waals surface area contributed by atoms with Gasteiger partial charge >= 0.3 is 0 Å². The minimum Gasteiger partial charge on any atom is -0.494 e. The predicted molar refractivity (Wildman–Crippen MR) is 88.7 cm³/mol. The van der Waals surface area contributed by atoms with Gasteiger partial charge in [-0.3, -0.25) is 0 Å². The molecule has 1 aliphatic heterocycles. The summed E-state index contributed by atoms with van der Waals surface area (Å²) >= 11 is 0. The average molecular weight is 344 g/mol. The maximum absolute atomic E-state index is 13.6. The van der Waals surface area contributed by atoms with Crippen LogP contribution >= 0.6 is 0 Å². The smallest absolute Gasteiger partial charge is 0.208 e. The Labute approximate surface area is 137 Å². The maximum Gasteiger partial charge on any atom is 0.208 e. The van der Waals surface area contributed by atoms with Gasteiger partial charge in [0.2, 0.25) is 10.0 Å². The Morgan fingerprint density at radius 1 is 1.43 bits per heavy atom. The van der Waals surface area contributed by atoms with E-state index in [1.54, 1.807) is 6.07 Å². The first-order chi connectivity index (χ1) is 10.9. The zero-order valence-corrected chi connectivity index (χ0v) is 14.5. The fourth-order valence-corrected chi connectivity index (χ4v) is 3.83. The fourth-order valence-electron chi connectivity index (χ4n) is 3.03. The van der Waals surface area contributed by atoms with Crippen LogP contribution in [0.25, 0.3) is 0 Å². The summed E-state index contributed by atoms with van der Waals surface area (Å²) in [5.74, 6) is -0.0696. The van der Waals surface area contributed by atoms with Crippen molar-refractivity contribution in [3.8, 4) is 5.75 Å². The van der Waals surface area contributed by atoms with Crippen LogP contribution in [0.4, 0.5) is 4.39 Å². The van der Waals surface area contributed by atoms with Gasteiger partial charge in [0.1, 0.15) is 0 Å². The lowest BCUT2D eigenvalue weighted by Crippen LogP contribution is -2.47. The van der Waals surface area contributed by atoms with Crippen molar-refractivity contribution in [1.29, 1.82) is 0 Å². The molecule has 1 aromatic carbocycles. The van der Waals surface area contributed by atoms with Gasteiger partial charge in [0.05, 0.1) is 13.4 Å². The first-order valence-electron chi connectivity index (χ1n) is 7.89. The number of benzene rings is 1. The highest BCUT2D eigenvalue weighted by Crippen LogP contribution is 2.19. The van der Waals surface area contributed by atoms with Gasteiger partial charge in [-0.1, -0.05) is 6.07 Å². The van der Waals surface area contributed by atoms with Crippen LogP contribution in [0.15, 0.2) is 18.2 Å². The molecule has 1 fully saturated rings. The van der Waals surface area contributed by atoms with Crippen LogP contribution < -0.4 is 9.46 Å². The van der Waals surface area contributed by atoms with Crippen molar-refractivity contribution >= 4 is 10.0 Å². The van der Waals surface area contributed by atoms with Crippen molar-refractivity contribution in [3.63, 3.8) is 0 Å². The molecule has 0 aliphatic carbocycles. The highest BCUT2D eigenvalue weighted by Gasteiger charge is 2.21. The lowest BCUT2D eigenvalue weighted by molar-refractivity contribution is 0.200. The molecule has 1 N–H and O–H groups in total. The predicted octanol–water partition coefficient (Wildman–Crippen LogP) is 1.78. The van der Waals surface area contributed by atoms with E-state index in [2.05, 4.69) is 9.62 Å². The summed E-state index contributed by atoms with van der Waals surface area (Å²) in [5.41, 5.74) is 0.950. The van der Waals surface area contributed by atoms with E-state index in [0.29, 0.717) is 0 Å². The van der Waals surface area contributed by atoms with Gasteiger partial charge in [-0.2, -0.15) is 0 Å². The van der Waals surface area contributed by atoms with E-state index in [-0.39, 0.29) is 17.6 Å². The van der Waals surface area contributed by atoms with E-state index in [4.69, 9.17) is 4.74 Å². The summed E-state index contributed by atoms with van der Waals surface area (Å²) in [6.45, 7) is 2.61. The standard InChI is InChI=1S/C16H25FN2O3S/c1-22-16-8-7-13(11-15(16)17)5-3-9-19-10-4-6-14(12-19)18-23(2,20)21/h7-8,11,14,18H,3-6,9-10,12H2,1-2H3/t14-/m0/s1. The zero-order chi connectivity index (χ0) is 16.9. The van der Waals surface area contributed by atoms with Crippen molar-refractivity contribution in [2.75, 3.05) is 33.0 Å². The van der Waals surface area contributed by atoms with Crippen LogP contribution in [-0.4, -0.2) is 52.4 Å². The Balaban J connectivity index is 1.78. The van der Waals surface area contributed by atoms with E-state index in [0.717, 1.165) is 50.9 Å². The van der Waals surface area contributed by atoms with Crippen molar-refractivity contribution in [3.05, 3.63) is 29.6 Å². The Hall–Kier alpha value is -1.18. The number of likely N-dealkylation sites (tertiary alicyclic amines) is 1. The number of ether oxygens (including phenoxy) is 1. The normalized spacial score (nSPS) is 19.7. The van der Waals surface area contributed by atoms with E-state index >= 15 is 0 Å². The van der Waals surface area contributed by atoms with E-state index < -0.39 is 10.0 Å². The molecular formula is C16H25FN2O3S. The molecule has 23 heavy (non-hydrogen) atoms. The second-order valence-corrected chi connectivity index (χ2v) is 7.88. The van der Waals surface area contributed by atoms with Crippen molar-refractivity contribution in [2.45, 2.75) is 31.7 Å². The molecule has 130 valence electrons. The second-order valence-electron chi connectivity index (χ2n) is 6.10. The lowest BCUT2D eigenvalue weighted by atomic mass is 10.1. The van der Waals surface area contributed by atoms with Gasteiger partial charge in [0.25, 0.3) is 0 Å². The largest absolute Gasteiger partial charge is 0.494 e. The van der Waals surface area contributed by atoms with Gasteiger partial charge in [-0.25, -0.2) is 17.5 Å². The average Bonchev–Trinajstić information content (AvgIpc) is 2.46. The Kier molecular flexibility index (Phi) is 6.38. The number of hydrogen-bond acceptors (Lipinski definition) is 4.